The molecular formula is C21H25N3O10S. The van der Waals surface area contributed by atoms with Crippen molar-refractivity contribution in [3.8, 4) is 0 Å². The predicted octanol–water partition coefficient (Wildman–Crippen LogP) is -1.23. The average molecular weight is 512 g/mol. The molecule has 1 fully saturated rings. The summed E-state index contributed by atoms with van der Waals surface area (Å²) >= 11 is 0. The molecule has 1 heterocycles. The number of esters is 2. The van der Waals surface area contributed by atoms with Crippen molar-refractivity contribution in [2.45, 2.75) is 29.5 Å². The second-order valence-corrected chi connectivity index (χ2v) is 9.88. The van der Waals surface area contributed by atoms with Crippen molar-refractivity contribution in [3.63, 3.8) is 0 Å². The van der Waals surface area contributed by atoms with Crippen LogP contribution >= 0.6 is 0 Å². The van der Waals surface area contributed by atoms with E-state index in [0.717, 1.165) is 7.11 Å². The summed E-state index contributed by atoms with van der Waals surface area (Å²) in [5.74, 6) is -2.19. The van der Waals surface area contributed by atoms with Gasteiger partial charge in [0.2, 0.25) is 0 Å². The Balaban J connectivity index is 2.17. The highest BCUT2D eigenvalue weighted by molar-refractivity contribution is 7.94. The number of rotatable bonds is 7. The van der Waals surface area contributed by atoms with Crippen molar-refractivity contribution in [2.75, 3.05) is 13.7 Å². The fourth-order valence-corrected chi connectivity index (χ4v) is 6.24. The maximum Gasteiger partial charge on any atom is 0.326 e. The Kier molecular flexibility index (Phi) is 8.19. The number of benzene rings is 2. The Bertz CT molecular complexity index is 1150. The highest BCUT2D eigenvalue weighted by Gasteiger charge is 2.56. The lowest BCUT2D eigenvalue weighted by atomic mass is 9.96. The number of ether oxygens (including phenoxy) is 2. The monoisotopic (exact) mass is 511 g/mol. The van der Waals surface area contributed by atoms with Crippen LogP contribution in [0.15, 0.2) is 48.5 Å². The minimum Gasteiger partial charge on any atom is -0.595 e. The van der Waals surface area contributed by atoms with Crippen LogP contribution in [0.5, 0.6) is 0 Å². The lowest BCUT2D eigenvalue weighted by Crippen LogP contribution is -2.99. The molecule has 190 valence electrons. The number of nitrogens with one attached hydrogen (secondary N) is 3. The molecule has 0 aromatic heterocycles. The third-order valence-corrected chi connectivity index (χ3v) is 8.00. The van der Waals surface area contributed by atoms with Crippen molar-refractivity contribution in [1.82, 2.24) is 5.32 Å². The smallest absolute Gasteiger partial charge is 0.326 e. The summed E-state index contributed by atoms with van der Waals surface area (Å²) in [4.78, 5) is 25.5. The van der Waals surface area contributed by atoms with Crippen molar-refractivity contribution in [3.05, 3.63) is 70.1 Å². The van der Waals surface area contributed by atoms with E-state index in [4.69, 9.17) is 14.7 Å². The zero-order valence-corrected chi connectivity index (χ0v) is 19.5. The van der Waals surface area contributed by atoms with Crippen LogP contribution < -0.4 is 15.8 Å². The van der Waals surface area contributed by atoms with Gasteiger partial charge in [-0.2, -0.15) is 10.5 Å². The summed E-state index contributed by atoms with van der Waals surface area (Å²) in [6, 6.07) is 8.07. The Morgan fingerprint density at radius 3 is 1.63 bits per heavy atom. The van der Waals surface area contributed by atoms with Gasteiger partial charge in [-0.25, -0.2) is 18.8 Å². The van der Waals surface area contributed by atoms with Crippen LogP contribution in [-0.4, -0.2) is 55.0 Å². The van der Waals surface area contributed by atoms with E-state index < -0.39 is 54.8 Å². The fourth-order valence-electron chi connectivity index (χ4n) is 3.99. The normalized spacial score (nSPS) is 25.3. The van der Waals surface area contributed by atoms with Gasteiger partial charge in [-0.05, 0) is 18.1 Å². The van der Waals surface area contributed by atoms with Crippen LogP contribution in [-0.2, 0) is 28.9 Å². The van der Waals surface area contributed by atoms with Crippen LogP contribution in [0.2, 0.25) is 0 Å². The van der Waals surface area contributed by atoms with Gasteiger partial charge < -0.3 is 19.9 Å². The largest absolute Gasteiger partial charge is 0.595 e. The topological polar surface area (TPSA) is 194 Å². The van der Waals surface area contributed by atoms with E-state index in [-0.39, 0.29) is 29.1 Å². The number of hydrogen-bond acceptors (Lipinski definition) is 11. The maximum absolute atomic E-state index is 13.7. The van der Waals surface area contributed by atoms with Gasteiger partial charge in [0.15, 0.2) is 31.7 Å². The molecule has 0 radical (unpaired) electrons. The van der Waals surface area contributed by atoms with Gasteiger partial charge in [-0.15, -0.1) is 0 Å². The van der Waals surface area contributed by atoms with Crippen LogP contribution in [0.1, 0.15) is 30.1 Å². The van der Waals surface area contributed by atoms with E-state index in [0.29, 0.717) is 0 Å². The van der Waals surface area contributed by atoms with Crippen LogP contribution in [0.3, 0.4) is 0 Å². The molecule has 0 bridgehead atoms. The fraction of sp³-hybridized carbons (Fsp3) is 0.333. The van der Waals surface area contributed by atoms with E-state index in [1.54, 1.807) is 0 Å². The molecular weight excluding hydrogens is 486 g/mol. The SMILES string of the molecule is CCOC(=O)C1C(c2ccc([NH+]([O-])O)cc2)NC(c2ccc([NH+]([O-])O)cc2)C(C(=O)OC)S1(=O)=O. The quantitative estimate of drug-likeness (QED) is 0.221. The molecule has 0 aliphatic carbocycles. The number of quaternary nitrogens is 2. The van der Waals surface area contributed by atoms with Gasteiger partial charge >= 0.3 is 11.9 Å². The van der Waals surface area contributed by atoms with Gasteiger partial charge in [0.25, 0.3) is 0 Å². The molecule has 1 aliphatic rings. The number of carbonyl (C=O) groups is 2. The summed E-state index contributed by atoms with van der Waals surface area (Å²) in [5.41, 5.74) is 0.441. The van der Waals surface area contributed by atoms with E-state index >= 15 is 0 Å². The molecule has 3 rings (SSSR count). The average Bonchev–Trinajstić information content (AvgIpc) is 2.82. The molecule has 0 spiro atoms. The molecule has 13 nitrogen and oxygen atoms in total. The first-order valence-electron chi connectivity index (χ1n) is 10.4. The van der Waals surface area contributed by atoms with Gasteiger partial charge in [-0.1, -0.05) is 24.3 Å². The maximum atomic E-state index is 13.7. The van der Waals surface area contributed by atoms with Gasteiger partial charge in [-0.3, -0.25) is 14.9 Å². The van der Waals surface area contributed by atoms with E-state index in [1.165, 1.54) is 55.5 Å². The van der Waals surface area contributed by atoms with Crippen molar-refractivity contribution >= 4 is 33.2 Å². The Morgan fingerprint density at radius 1 is 0.886 bits per heavy atom. The molecule has 1 aliphatic heterocycles. The molecule has 2 aromatic carbocycles. The molecule has 2 aromatic rings. The lowest BCUT2D eigenvalue weighted by Gasteiger charge is -2.40. The zero-order valence-electron chi connectivity index (χ0n) is 18.7. The van der Waals surface area contributed by atoms with Crippen molar-refractivity contribution in [1.29, 1.82) is 0 Å². The minimum absolute atomic E-state index is 0.0478. The predicted molar refractivity (Wildman–Crippen MR) is 118 cm³/mol. The molecule has 0 saturated carbocycles. The Morgan fingerprint density at radius 2 is 1.29 bits per heavy atom. The highest BCUT2D eigenvalue weighted by Crippen LogP contribution is 2.39. The molecule has 0 amide bonds. The highest BCUT2D eigenvalue weighted by atomic mass is 32.2. The van der Waals surface area contributed by atoms with Gasteiger partial charge in [0, 0.05) is 24.3 Å². The minimum atomic E-state index is -4.59. The summed E-state index contributed by atoms with van der Waals surface area (Å²) in [6.45, 7) is 1.39. The summed E-state index contributed by atoms with van der Waals surface area (Å²) in [6.07, 6.45) is 0. The molecule has 6 unspecified atom stereocenters. The van der Waals surface area contributed by atoms with Crippen molar-refractivity contribution < 1.29 is 48.3 Å². The number of carbonyl (C=O) groups excluding carboxylic acids is 2. The first-order valence-corrected chi connectivity index (χ1v) is 12.0. The molecule has 1 saturated heterocycles. The summed E-state index contributed by atoms with van der Waals surface area (Å²) < 4.78 is 37.2. The van der Waals surface area contributed by atoms with E-state index in [9.17, 15) is 33.6 Å². The second kappa shape index (κ2) is 10.8. The summed E-state index contributed by atoms with van der Waals surface area (Å²) in [7, 11) is -3.58. The molecule has 6 atom stereocenters. The Labute approximate surface area is 200 Å². The lowest BCUT2D eigenvalue weighted by molar-refractivity contribution is -0.991. The standard InChI is InChI=1S/C21H25N3O10S/c1-3-34-21(26)19-17(13-6-10-15(11-7-13)24(29)30)22-16(18(20(25)33-2)35(19,31)32)12-4-8-14(9-5-12)23(27)28/h4-11,16-19,22-24,27,29H,3H2,1-2H3. The Hall–Kier alpha value is -2.95. The zero-order chi connectivity index (χ0) is 25.9. The first-order chi connectivity index (χ1) is 16.5. The van der Waals surface area contributed by atoms with Crippen LogP contribution in [0.25, 0.3) is 0 Å². The van der Waals surface area contributed by atoms with Crippen LogP contribution in [0, 0.1) is 10.4 Å². The van der Waals surface area contributed by atoms with Crippen molar-refractivity contribution in [2.24, 2.45) is 0 Å². The third kappa shape index (κ3) is 5.34. The molecule has 5 N–H and O–H groups in total. The number of hydrogen-bond donors (Lipinski definition) is 5. The van der Waals surface area contributed by atoms with E-state index in [2.05, 4.69) is 5.32 Å². The number of methoxy groups -OCH3 is 1. The molecule has 35 heavy (non-hydrogen) atoms. The third-order valence-electron chi connectivity index (χ3n) is 5.66. The molecule has 14 heteroatoms. The first kappa shape index (κ1) is 26.7. The van der Waals surface area contributed by atoms with Gasteiger partial charge in [0.1, 0.15) is 0 Å². The summed E-state index contributed by atoms with van der Waals surface area (Å²) in [5, 5.41) is 37.8. The number of sulfone groups is 1. The second-order valence-electron chi connectivity index (χ2n) is 7.68. The van der Waals surface area contributed by atoms with Crippen LogP contribution in [0.4, 0.5) is 11.4 Å². The van der Waals surface area contributed by atoms with E-state index in [1.807, 2.05) is 0 Å². The van der Waals surface area contributed by atoms with Gasteiger partial charge in [0.05, 0.1) is 25.8 Å².